The van der Waals surface area contributed by atoms with Crippen molar-refractivity contribution in [3.63, 3.8) is 0 Å². The lowest BCUT2D eigenvalue weighted by atomic mass is 9.98. The fourth-order valence-corrected chi connectivity index (χ4v) is 1.13. The Morgan fingerprint density at radius 1 is 1.44 bits per heavy atom. The highest BCUT2D eigenvalue weighted by Gasteiger charge is 2.10. The average Bonchev–Trinajstić information content (AvgIpc) is 2.26. The molecule has 4 heteroatoms. The van der Waals surface area contributed by atoms with Gasteiger partial charge in [0.2, 0.25) is 0 Å². The molecular weight excluding hydrogens is 202 g/mol. The lowest BCUT2D eigenvalue weighted by Gasteiger charge is -2.15. The number of anilines is 1. The largest absolute Gasteiger partial charge is 0.384 e. The smallest absolute Gasteiger partial charge is 0.252 e. The van der Waals surface area contributed by atoms with Gasteiger partial charge in [-0.05, 0) is 24.0 Å². The molecule has 0 bridgehead atoms. The summed E-state index contributed by atoms with van der Waals surface area (Å²) in [7, 11) is 0. The lowest BCUT2D eigenvalue weighted by molar-refractivity contribution is 0.0944. The molecule has 1 aromatic rings. The van der Waals surface area contributed by atoms with E-state index < -0.39 is 0 Å². The van der Waals surface area contributed by atoms with Crippen molar-refractivity contribution < 1.29 is 4.79 Å². The molecule has 1 rings (SSSR count). The Labute approximate surface area is 96.3 Å². The predicted molar refractivity (Wildman–Crippen MR) is 65.0 cm³/mol. The van der Waals surface area contributed by atoms with E-state index in [0.717, 1.165) is 0 Å². The van der Waals surface area contributed by atoms with E-state index in [1.165, 1.54) is 6.20 Å². The number of nitrogens with zero attached hydrogens (tertiary/aromatic N) is 1. The van der Waals surface area contributed by atoms with E-state index in [2.05, 4.69) is 31.1 Å². The molecule has 0 fully saturated rings. The zero-order valence-electron chi connectivity index (χ0n) is 10.0. The van der Waals surface area contributed by atoms with Crippen LogP contribution in [0.15, 0.2) is 18.3 Å². The zero-order valence-corrected chi connectivity index (χ0v) is 10.0. The van der Waals surface area contributed by atoms with Crippen LogP contribution in [0.3, 0.4) is 0 Å². The number of hydrogen-bond donors (Lipinski definition) is 2. The van der Waals surface area contributed by atoms with Crippen LogP contribution in [0.4, 0.5) is 5.82 Å². The number of hydrogen-bond acceptors (Lipinski definition) is 3. The predicted octanol–water partition coefficient (Wildman–Crippen LogP) is 1.69. The van der Waals surface area contributed by atoms with Gasteiger partial charge in [0.05, 0.1) is 5.56 Å². The Morgan fingerprint density at radius 2 is 2.12 bits per heavy atom. The minimum atomic E-state index is -0.0972. The summed E-state index contributed by atoms with van der Waals surface area (Å²) in [6, 6.07) is 3.30. The average molecular weight is 221 g/mol. The summed E-state index contributed by atoms with van der Waals surface area (Å²) >= 11 is 0. The van der Waals surface area contributed by atoms with Crippen LogP contribution in [0.1, 0.15) is 31.1 Å². The number of amides is 1. The highest BCUT2D eigenvalue weighted by Crippen LogP contribution is 2.08. The minimum absolute atomic E-state index is 0.0972. The van der Waals surface area contributed by atoms with Crippen molar-refractivity contribution in [2.24, 2.45) is 11.8 Å². The van der Waals surface area contributed by atoms with Crippen LogP contribution in [0, 0.1) is 11.8 Å². The third-order valence-corrected chi connectivity index (χ3v) is 2.77. The molecule has 1 aromatic heterocycles. The summed E-state index contributed by atoms with van der Waals surface area (Å²) in [5, 5.41) is 2.88. The molecule has 0 saturated heterocycles. The molecular formula is C12H19N3O. The second-order valence-corrected chi connectivity index (χ2v) is 4.40. The van der Waals surface area contributed by atoms with Gasteiger partial charge in [0.15, 0.2) is 0 Å². The first kappa shape index (κ1) is 12.5. The number of pyridine rings is 1. The van der Waals surface area contributed by atoms with Crippen molar-refractivity contribution in [2.75, 3.05) is 12.3 Å². The number of aromatic nitrogens is 1. The van der Waals surface area contributed by atoms with Crippen molar-refractivity contribution in [3.05, 3.63) is 23.9 Å². The van der Waals surface area contributed by atoms with Gasteiger partial charge < -0.3 is 11.1 Å². The minimum Gasteiger partial charge on any atom is -0.384 e. The van der Waals surface area contributed by atoms with E-state index in [-0.39, 0.29) is 5.91 Å². The standard InChI is InChI=1S/C12H19N3O/c1-8(2)9(3)6-15-12(16)10-4-5-11(13)14-7-10/h4-5,7-9H,6H2,1-3H3,(H2,13,14)(H,15,16). The highest BCUT2D eigenvalue weighted by molar-refractivity contribution is 5.93. The number of nitrogens with one attached hydrogen (secondary N) is 1. The Bertz CT molecular complexity index is 346. The van der Waals surface area contributed by atoms with Gasteiger partial charge >= 0.3 is 0 Å². The molecule has 3 N–H and O–H groups in total. The summed E-state index contributed by atoms with van der Waals surface area (Å²) in [4.78, 5) is 15.6. The van der Waals surface area contributed by atoms with E-state index in [1.807, 2.05) is 0 Å². The van der Waals surface area contributed by atoms with Crippen LogP contribution in [0.5, 0.6) is 0 Å². The van der Waals surface area contributed by atoms with Gasteiger partial charge in [0.25, 0.3) is 5.91 Å². The van der Waals surface area contributed by atoms with Crippen LogP contribution in [-0.2, 0) is 0 Å². The molecule has 88 valence electrons. The number of carbonyl (C=O) groups is 1. The van der Waals surface area contributed by atoms with Gasteiger partial charge in [-0.2, -0.15) is 0 Å². The second kappa shape index (κ2) is 5.49. The van der Waals surface area contributed by atoms with Crippen molar-refractivity contribution in [1.82, 2.24) is 10.3 Å². The molecule has 1 amide bonds. The molecule has 0 radical (unpaired) electrons. The second-order valence-electron chi connectivity index (χ2n) is 4.40. The van der Waals surface area contributed by atoms with Crippen molar-refractivity contribution >= 4 is 11.7 Å². The Morgan fingerprint density at radius 3 is 2.62 bits per heavy atom. The van der Waals surface area contributed by atoms with Crippen LogP contribution < -0.4 is 11.1 Å². The fraction of sp³-hybridized carbons (Fsp3) is 0.500. The summed E-state index contributed by atoms with van der Waals surface area (Å²) in [5.41, 5.74) is 5.99. The van der Waals surface area contributed by atoms with Gasteiger partial charge in [0.1, 0.15) is 5.82 Å². The summed E-state index contributed by atoms with van der Waals surface area (Å²) < 4.78 is 0. The van der Waals surface area contributed by atoms with E-state index >= 15 is 0 Å². The third kappa shape index (κ3) is 3.53. The van der Waals surface area contributed by atoms with Crippen molar-refractivity contribution in [2.45, 2.75) is 20.8 Å². The number of rotatable bonds is 4. The highest BCUT2D eigenvalue weighted by atomic mass is 16.1. The van der Waals surface area contributed by atoms with Gasteiger partial charge in [-0.25, -0.2) is 4.98 Å². The van der Waals surface area contributed by atoms with E-state index in [0.29, 0.717) is 29.8 Å². The van der Waals surface area contributed by atoms with Gasteiger partial charge in [-0.1, -0.05) is 20.8 Å². The van der Waals surface area contributed by atoms with Gasteiger partial charge in [-0.3, -0.25) is 4.79 Å². The first-order chi connectivity index (χ1) is 7.50. The maximum absolute atomic E-state index is 11.7. The van der Waals surface area contributed by atoms with Crippen LogP contribution in [-0.4, -0.2) is 17.4 Å². The molecule has 1 unspecified atom stereocenters. The molecule has 0 aliphatic heterocycles. The van der Waals surface area contributed by atoms with Crippen LogP contribution in [0.2, 0.25) is 0 Å². The summed E-state index contributed by atoms with van der Waals surface area (Å²) in [6.45, 7) is 7.08. The van der Waals surface area contributed by atoms with Crippen LogP contribution >= 0.6 is 0 Å². The molecule has 0 spiro atoms. The zero-order chi connectivity index (χ0) is 12.1. The fourth-order valence-electron chi connectivity index (χ4n) is 1.13. The topological polar surface area (TPSA) is 68.0 Å². The summed E-state index contributed by atoms with van der Waals surface area (Å²) in [5.74, 6) is 1.35. The normalized spacial score (nSPS) is 12.5. The lowest BCUT2D eigenvalue weighted by Crippen LogP contribution is -2.30. The van der Waals surface area contributed by atoms with E-state index in [4.69, 9.17) is 5.73 Å². The molecule has 4 nitrogen and oxygen atoms in total. The van der Waals surface area contributed by atoms with Gasteiger partial charge in [0, 0.05) is 12.7 Å². The number of nitrogen functional groups attached to an aromatic ring is 1. The Balaban J connectivity index is 2.50. The monoisotopic (exact) mass is 221 g/mol. The maximum atomic E-state index is 11.7. The SMILES string of the molecule is CC(C)C(C)CNC(=O)c1ccc(N)nc1. The van der Waals surface area contributed by atoms with Crippen LogP contribution in [0.25, 0.3) is 0 Å². The van der Waals surface area contributed by atoms with Crippen molar-refractivity contribution in [1.29, 1.82) is 0 Å². The molecule has 0 aliphatic carbocycles. The molecule has 16 heavy (non-hydrogen) atoms. The molecule has 1 heterocycles. The molecule has 1 atom stereocenters. The number of carbonyl (C=O) groups excluding carboxylic acids is 1. The number of nitrogens with two attached hydrogens (primary N) is 1. The quantitative estimate of drug-likeness (QED) is 0.813. The first-order valence-electron chi connectivity index (χ1n) is 5.50. The Hall–Kier alpha value is -1.58. The Kier molecular flexibility index (Phi) is 4.28. The first-order valence-corrected chi connectivity index (χ1v) is 5.50. The maximum Gasteiger partial charge on any atom is 0.252 e. The molecule has 0 saturated carbocycles. The van der Waals surface area contributed by atoms with E-state index in [9.17, 15) is 4.79 Å². The molecule has 0 aliphatic rings. The van der Waals surface area contributed by atoms with E-state index in [1.54, 1.807) is 12.1 Å². The summed E-state index contributed by atoms with van der Waals surface area (Å²) in [6.07, 6.45) is 1.49. The van der Waals surface area contributed by atoms with Gasteiger partial charge in [-0.15, -0.1) is 0 Å². The molecule has 0 aromatic carbocycles. The van der Waals surface area contributed by atoms with Crippen molar-refractivity contribution in [3.8, 4) is 0 Å². The third-order valence-electron chi connectivity index (χ3n) is 2.77.